The Morgan fingerprint density at radius 3 is 2.67 bits per heavy atom. The van der Waals surface area contributed by atoms with E-state index in [1.165, 1.54) is 6.42 Å². The van der Waals surface area contributed by atoms with Crippen molar-refractivity contribution in [2.24, 2.45) is 11.8 Å². The quantitative estimate of drug-likeness (QED) is 0.789. The van der Waals surface area contributed by atoms with Gasteiger partial charge in [0.15, 0.2) is 0 Å². The summed E-state index contributed by atoms with van der Waals surface area (Å²) in [6.45, 7) is 7.60. The first-order chi connectivity index (χ1) is 10.0. The van der Waals surface area contributed by atoms with E-state index >= 15 is 0 Å². The number of hydrogen-bond acceptors (Lipinski definition) is 3. The Hall–Kier alpha value is -1.03. The Morgan fingerprint density at radius 1 is 1.33 bits per heavy atom. The zero-order chi connectivity index (χ0) is 15.4. The second-order valence-electron chi connectivity index (χ2n) is 6.37. The van der Waals surface area contributed by atoms with E-state index in [1.54, 1.807) is 18.0 Å². The molecule has 2 rings (SSSR count). The van der Waals surface area contributed by atoms with Crippen molar-refractivity contribution in [3.63, 3.8) is 0 Å². The maximum atomic E-state index is 12.9. The molecule has 0 spiro atoms. The third-order valence-electron chi connectivity index (χ3n) is 4.44. The second kappa shape index (κ2) is 7.30. The van der Waals surface area contributed by atoms with Gasteiger partial charge in [0.05, 0.1) is 10.6 Å². The Kier molecular flexibility index (Phi) is 5.68. The van der Waals surface area contributed by atoms with Gasteiger partial charge in [-0.05, 0) is 49.5 Å². The van der Waals surface area contributed by atoms with Crippen LogP contribution in [0.5, 0.6) is 0 Å². The second-order valence-corrected chi connectivity index (χ2v) is 7.20. The molecule has 4 heteroatoms. The van der Waals surface area contributed by atoms with E-state index in [2.05, 4.69) is 30.7 Å². The van der Waals surface area contributed by atoms with Crippen LogP contribution in [0.1, 0.15) is 50.4 Å². The van der Waals surface area contributed by atoms with Gasteiger partial charge in [-0.1, -0.05) is 20.8 Å². The van der Waals surface area contributed by atoms with Crippen molar-refractivity contribution >= 4 is 17.7 Å². The van der Waals surface area contributed by atoms with Crippen LogP contribution in [-0.4, -0.2) is 34.6 Å². The van der Waals surface area contributed by atoms with Gasteiger partial charge in [0.25, 0.3) is 5.91 Å². The molecule has 3 nitrogen and oxygen atoms in total. The zero-order valence-corrected chi connectivity index (χ0v) is 14.3. The van der Waals surface area contributed by atoms with Crippen LogP contribution in [0.3, 0.4) is 0 Å². The highest BCUT2D eigenvalue weighted by molar-refractivity contribution is 7.98. The lowest BCUT2D eigenvalue weighted by Gasteiger charge is -2.33. The molecule has 1 saturated heterocycles. The zero-order valence-electron chi connectivity index (χ0n) is 13.5. The van der Waals surface area contributed by atoms with E-state index in [9.17, 15) is 4.79 Å². The molecule has 1 aliphatic rings. The summed E-state index contributed by atoms with van der Waals surface area (Å²) in [5.74, 6) is 1.35. The van der Waals surface area contributed by atoms with Gasteiger partial charge in [-0.25, -0.2) is 4.98 Å². The summed E-state index contributed by atoms with van der Waals surface area (Å²) in [4.78, 5) is 19.3. The number of carbonyl (C=O) groups excluding carboxylic acids is 1. The van der Waals surface area contributed by atoms with Crippen molar-refractivity contribution < 1.29 is 4.79 Å². The molecule has 1 aromatic rings. The van der Waals surface area contributed by atoms with Crippen LogP contribution in [0.4, 0.5) is 0 Å². The first-order valence-electron chi connectivity index (χ1n) is 7.84. The molecule has 0 aromatic carbocycles. The van der Waals surface area contributed by atoms with Gasteiger partial charge in [0, 0.05) is 18.8 Å². The van der Waals surface area contributed by atoms with Crippen LogP contribution in [0.2, 0.25) is 0 Å². The molecule has 2 heterocycles. The minimum Gasteiger partial charge on any atom is -0.335 e. The lowest BCUT2D eigenvalue weighted by Crippen LogP contribution is -2.43. The molecular formula is C17H26N2OS. The fraction of sp³-hybridized carbons (Fsp3) is 0.647. The van der Waals surface area contributed by atoms with Crippen LogP contribution in [-0.2, 0) is 0 Å². The first kappa shape index (κ1) is 16.3. The monoisotopic (exact) mass is 306 g/mol. The number of aromatic nitrogens is 1. The predicted octanol–water partition coefficient (Wildman–Crippen LogP) is 4.09. The number of nitrogens with zero attached hydrogens (tertiary/aromatic N) is 2. The molecule has 0 aliphatic carbocycles. The summed E-state index contributed by atoms with van der Waals surface area (Å²) >= 11 is 1.60. The lowest BCUT2D eigenvalue weighted by molar-refractivity contribution is 0.0630. The highest BCUT2D eigenvalue weighted by atomic mass is 32.2. The van der Waals surface area contributed by atoms with Crippen LogP contribution < -0.4 is 0 Å². The highest BCUT2D eigenvalue weighted by Crippen LogP contribution is 2.27. The predicted molar refractivity (Wildman–Crippen MR) is 88.7 cm³/mol. The molecule has 2 unspecified atom stereocenters. The van der Waals surface area contributed by atoms with Crippen molar-refractivity contribution in [3.8, 4) is 0 Å². The van der Waals surface area contributed by atoms with Crippen molar-refractivity contribution in [1.29, 1.82) is 0 Å². The number of thioether (sulfide) groups is 1. The number of amides is 1. The fourth-order valence-corrected chi connectivity index (χ4v) is 3.38. The van der Waals surface area contributed by atoms with Gasteiger partial charge >= 0.3 is 0 Å². The molecule has 1 amide bonds. The molecule has 116 valence electrons. The molecule has 1 fully saturated rings. The van der Waals surface area contributed by atoms with Gasteiger partial charge in [-0.15, -0.1) is 11.8 Å². The summed E-state index contributed by atoms with van der Waals surface area (Å²) in [7, 11) is 0. The summed E-state index contributed by atoms with van der Waals surface area (Å²) in [6, 6.07) is 4.19. The van der Waals surface area contributed by atoms with E-state index in [-0.39, 0.29) is 5.91 Å². The molecule has 0 N–H and O–H groups in total. The van der Waals surface area contributed by atoms with Crippen LogP contribution >= 0.6 is 11.8 Å². The summed E-state index contributed by atoms with van der Waals surface area (Å²) < 4.78 is 0. The number of pyridine rings is 1. The Bertz CT molecular complexity index is 472. The van der Waals surface area contributed by atoms with E-state index in [4.69, 9.17) is 0 Å². The SMILES string of the molecule is CSc1ccc(C(=O)N2CCC(C)CCC2C(C)C)cn1. The van der Waals surface area contributed by atoms with E-state index in [1.807, 2.05) is 18.4 Å². The van der Waals surface area contributed by atoms with Crippen LogP contribution in [0.15, 0.2) is 23.4 Å². The molecule has 2 atom stereocenters. The number of hydrogen-bond donors (Lipinski definition) is 0. The van der Waals surface area contributed by atoms with Gasteiger partial charge in [-0.3, -0.25) is 4.79 Å². The Balaban J connectivity index is 2.20. The molecule has 1 aromatic heterocycles. The summed E-state index contributed by atoms with van der Waals surface area (Å²) in [5, 5.41) is 0.955. The third kappa shape index (κ3) is 4.00. The molecule has 0 bridgehead atoms. The average molecular weight is 306 g/mol. The minimum absolute atomic E-state index is 0.142. The van der Waals surface area contributed by atoms with Crippen LogP contribution in [0.25, 0.3) is 0 Å². The first-order valence-corrected chi connectivity index (χ1v) is 9.06. The molecular weight excluding hydrogens is 280 g/mol. The van der Waals surface area contributed by atoms with Gasteiger partial charge in [0.1, 0.15) is 0 Å². The van der Waals surface area contributed by atoms with E-state index < -0.39 is 0 Å². The topological polar surface area (TPSA) is 33.2 Å². The number of likely N-dealkylation sites (tertiary alicyclic amines) is 1. The maximum absolute atomic E-state index is 12.9. The van der Waals surface area contributed by atoms with E-state index in [0.717, 1.165) is 24.4 Å². The van der Waals surface area contributed by atoms with Crippen molar-refractivity contribution in [2.45, 2.75) is 51.1 Å². The number of carbonyl (C=O) groups is 1. The fourth-order valence-electron chi connectivity index (χ4n) is 3.02. The lowest BCUT2D eigenvalue weighted by atomic mass is 9.95. The molecule has 21 heavy (non-hydrogen) atoms. The standard InChI is InChI=1S/C17H26N2OS/c1-12(2)15-7-5-13(3)9-10-19(15)17(20)14-6-8-16(21-4)18-11-14/h6,8,11-13,15H,5,7,9-10H2,1-4H3. The summed E-state index contributed by atoms with van der Waals surface area (Å²) in [6.07, 6.45) is 7.15. The maximum Gasteiger partial charge on any atom is 0.255 e. The molecule has 0 radical (unpaired) electrons. The third-order valence-corrected chi connectivity index (χ3v) is 5.10. The largest absolute Gasteiger partial charge is 0.335 e. The highest BCUT2D eigenvalue weighted by Gasteiger charge is 2.30. The van der Waals surface area contributed by atoms with Crippen molar-refractivity contribution in [2.75, 3.05) is 12.8 Å². The smallest absolute Gasteiger partial charge is 0.255 e. The number of rotatable bonds is 3. The molecule has 1 aliphatic heterocycles. The van der Waals surface area contributed by atoms with E-state index in [0.29, 0.717) is 23.4 Å². The van der Waals surface area contributed by atoms with Crippen molar-refractivity contribution in [3.05, 3.63) is 23.9 Å². The Labute approximate surface area is 132 Å². The molecule has 0 saturated carbocycles. The van der Waals surface area contributed by atoms with Crippen molar-refractivity contribution in [1.82, 2.24) is 9.88 Å². The van der Waals surface area contributed by atoms with Crippen LogP contribution in [0, 0.1) is 11.8 Å². The van der Waals surface area contributed by atoms with Gasteiger partial charge in [-0.2, -0.15) is 0 Å². The summed E-state index contributed by atoms with van der Waals surface area (Å²) in [5.41, 5.74) is 0.716. The normalized spacial score (nSPS) is 23.2. The van der Waals surface area contributed by atoms with Gasteiger partial charge in [0.2, 0.25) is 0 Å². The Morgan fingerprint density at radius 2 is 2.10 bits per heavy atom. The van der Waals surface area contributed by atoms with Gasteiger partial charge < -0.3 is 4.90 Å². The average Bonchev–Trinajstić information content (AvgIpc) is 2.68. The minimum atomic E-state index is 0.142.